The molecule has 0 unspecified atom stereocenters. The van der Waals surface area contributed by atoms with Crippen LogP contribution in [0, 0.1) is 0 Å². The molecule has 1 fully saturated rings. The Labute approximate surface area is 166 Å². The lowest BCUT2D eigenvalue weighted by molar-refractivity contribution is 0.146. The number of rotatable bonds is 6. The zero-order valence-electron chi connectivity index (χ0n) is 16.7. The van der Waals surface area contributed by atoms with E-state index >= 15 is 0 Å². The van der Waals surface area contributed by atoms with E-state index in [1.165, 1.54) is 0 Å². The van der Waals surface area contributed by atoms with Gasteiger partial charge in [0, 0.05) is 50.0 Å². The van der Waals surface area contributed by atoms with Crippen LogP contribution in [0.15, 0.2) is 47.8 Å². The van der Waals surface area contributed by atoms with E-state index in [0.717, 1.165) is 37.5 Å². The predicted molar refractivity (Wildman–Crippen MR) is 109 cm³/mol. The lowest BCUT2D eigenvalue weighted by Gasteiger charge is -2.38. The maximum Gasteiger partial charge on any atom is 0.219 e. The summed E-state index contributed by atoms with van der Waals surface area (Å²) in [5.41, 5.74) is 0.774. The molecule has 3 rings (SSSR count). The topological polar surface area (TPSA) is 70.4 Å². The van der Waals surface area contributed by atoms with Crippen LogP contribution < -0.4 is 9.47 Å². The van der Waals surface area contributed by atoms with Crippen LogP contribution in [0.4, 0.5) is 0 Å². The largest absolute Gasteiger partial charge is 0.494 e. The average molecular weight is 384 g/mol. The first-order valence-electron chi connectivity index (χ1n) is 9.69. The predicted octanol–water partition coefficient (Wildman–Crippen LogP) is 3.43. The number of ether oxygens (including phenoxy) is 2. The fourth-order valence-electron chi connectivity index (χ4n) is 3.25. The number of hydrogen-bond acceptors (Lipinski definition) is 6. The summed E-state index contributed by atoms with van der Waals surface area (Å²) >= 11 is 0. The SMILES string of the molecule is CCOc1ccc(Oc2cc(/C(=N/O)N3CCN(C(C)C)CC3)ccn2)cc1. The summed E-state index contributed by atoms with van der Waals surface area (Å²) in [6, 6.07) is 11.5. The highest BCUT2D eigenvalue weighted by molar-refractivity contribution is 5.98. The Morgan fingerprint density at radius 1 is 1.11 bits per heavy atom. The third kappa shape index (κ3) is 4.92. The Balaban J connectivity index is 1.69. The molecular weight excluding hydrogens is 356 g/mol. The summed E-state index contributed by atoms with van der Waals surface area (Å²) in [6.07, 6.45) is 1.66. The van der Waals surface area contributed by atoms with Gasteiger partial charge < -0.3 is 19.6 Å². The first-order valence-corrected chi connectivity index (χ1v) is 9.69. The molecule has 0 radical (unpaired) electrons. The standard InChI is InChI=1S/C21H28N4O3/c1-4-27-18-5-7-19(8-6-18)28-20-15-17(9-10-22-20)21(23-26)25-13-11-24(12-14-25)16(2)3/h5-10,15-16,26H,4,11-14H2,1-3H3/b23-21-. The van der Waals surface area contributed by atoms with Crippen molar-refractivity contribution in [3.8, 4) is 17.4 Å². The van der Waals surface area contributed by atoms with E-state index < -0.39 is 0 Å². The molecule has 1 aromatic carbocycles. The van der Waals surface area contributed by atoms with Crippen LogP contribution in [0.25, 0.3) is 0 Å². The lowest BCUT2D eigenvalue weighted by atomic mass is 10.2. The highest BCUT2D eigenvalue weighted by Gasteiger charge is 2.23. The maximum atomic E-state index is 9.63. The molecule has 150 valence electrons. The number of benzene rings is 1. The maximum absolute atomic E-state index is 9.63. The van der Waals surface area contributed by atoms with Crippen LogP contribution >= 0.6 is 0 Å². The van der Waals surface area contributed by atoms with Crippen molar-refractivity contribution in [2.45, 2.75) is 26.8 Å². The Hall–Kier alpha value is -2.80. The van der Waals surface area contributed by atoms with Gasteiger partial charge in [-0.25, -0.2) is 4.98 Å². The van der Waals surface area contributed by atoms with Crippen LogP contribution in [0.2, 0.25) is 0 Å². The van der Waals surface area contributed by atoms with Crippen LogP contribution in [0.1, 0.15) is 26.3 Å². The molecule has 0 aliphatic carbocycles. The van der Waals surface area contributed by atoms with Gasteiger partial charge in [-0.3, -0.25) is 4.90 Å². The number of hydrogen-bond donors (Lipinski definition) is 1. The highest BCUT2D eigenvalue weighted by atomic mass is 16.5. The van der Waals surface area contributed by atoms with E-state index in [4.69, 9.17) is 9.47 Å². The van der Waals surface area contributed by atoms with Gasteiger partial charge in [0.1, 0.15) is 11.5 Å². The molecule has 28 heavy (non-hydrogen) atoms. The summed E-state index contributed by atoms with van der Waals surface area (Å²) < 4.78 is 11.3. The van der Waals surface area contributed by atoms with Gasteiger partial charge >= 0.3 is 0 Å². The van der Waals surface area contributed by atoms with Crippen molar-refractivity contribution in [3.63, 3.8) is 0 Å². The Morgan fingerprint density at radius 3 is 2.39 bits per heavy atom. The van der Waals surface area contributed by atoms with Gasteiger partial charge in [-0.1, -0.05) is 5.16 Å². The second-order valence-corrected chi connectivity index (χ2v) is 6.93. The van der Waals surface area contributed by atoms with Crippen molar-refractivity contribution in [2.75, 3.05) is 32.8 Å². The average Bonchev–Trinajstić information content (AvgIpc) is 2.71. The minimum atomic E-state index is 0.448. The normalized spacial score (nSPS) is 15.7. The Bertz CT molecular complexity index is 784. The van der Waals surface area contributed by atoms with Crippen molar-refractivity contribution < 1.29 is 14.7 Å². The van der Waals surface area contributed by atoms with Gasteiger partial charge in [0.2, 0.25) is 5.88 Å². The molecular formula is C21H28N4O3. The van der Waals surface area contributed by atoms with Crippen LogP contribution in [-0.2, 0) is 0 Å². The molecule has 1 N–H and O–H groups in total. The molecule has 1 saturated heterocycles. The molecule has 7 heteroatoms. The summed E-state index contributed by atoms with van der Waals surface area (Å²) in [5, 5.41) is 13.2. The minimum Gasteiger partial charge on any atom is -0.494 e. The molecule has 0 saturated carbocycles. The third-order valence-electron chi connectivity index (χ3n) is 4.79. The third-order valence-corrected chi connectivity index (χ3v) is 4.79. The number of pyridine rings is 1. The van der Waals surface area contributed by atoms with E-state index in [2.05, 4.69) is 33.8 Å². The van der Waals surface area contributed by atoms with Gasteiger partial charge in [-0.05, 0) is 51.1 Å². The summed E-state index contributed by atoms with van der Waals surface area (Å²) in [4.78, 5) is 8.78. The van der Waals surface area contributed by atoms with Crippen LogP contribution in [0.5, 0.6) is 17.4 Å². The zero-order valence-corrected chi connectivity index (χ0v) is 16.7. The second kappa shape index (κ2) is 9.41. The van der Waals surface area contributed by atoms with Gasteiger partial charge in [-0.2, -0.15) is 0 Å². The molecule has 2 heterocycles. The second-order valence-electron chi connectivity index (χ2n) is 6.93. The first-order chi connectivity index (χ1) is 13.6. The van der Waals surface area contributed by atoms with E-state index in [1.807, 2.05) is 37.3 Å². The molecule has 7 nitrogen and oxygen atoms in total. The van der Waals surface area contributed by atoms with Crippen molar-refractivity contribution in [1.82, 2.24) is 14.8 Å². The van der Waals surface area contributed by atoms with Crippen molar-refractivity contribution in [1.29, 1.82) is 0 Å². The quantitative estimate of drug-likeness (QED) is 0.356. The van der Waals surface area contributed by atoms with Crippen LogP contribution in [0.3, 0.4) is 0 Å². The smallest absolute Gasteiger partial charge is 0.219 e. The molecule has 1 aliphatic heterocycles. The molecule has 1 aliphatic rings. The Morgan fingerprint density at radius 2 is 1.79 bits per heavy atom. The van der Waals surface area contributed by atoms with E-state index in [0.29, 0.717) is 30.1 Å². The van der Waals surface area contributed by atoms with Crippen molar-refractivity contribution >= 4 is 5.84 Å². The zero-order chi connectivity index (χ0) is 19.9. The summed E-state index contributed by atoms with van der Waals surface area (Å²) in [6.45, 7) is 10.5. The van der Waals surface area contributed by atoms with Crippen LogP contribution in [-0.4, -0.2) is 64.7 Å². The molecule has 0 bridgehead atoms. The molecule has 2 aromatic rings. The summed E-state index contributed by atoms with van der Waals surface area (Å²) in [5.74, 6) is 2.46. The molecule has 0 amide bonds. The van der Waals surface area contributed by atoms with Crippen molar-refractivity contribution in [3.05, 3.63) is 48.2 Å². The van der Waals surface area contributed by atoms with E-state index in [1.54, 1.807) is 12.3 Å². The number of piperazine rings is 1. The van der Waals surface area contributed by atoms with E-state index in [9.17, 15) is 5.21 Å². The van der Waals surface area contributed by atoms with E-state index in [-0.39, 0.29) is 0 Å². The number of oxime groups is 1. The van der Waals surface area contributed by atoms with Gasteiger partial charge in [0.25, 0.3) is 0 Å². The fraction of sp³-hybridized carbons (Fsp3) is 0.429. The first kappa shape index (κ1) is 19.9. The Kier molecular flexibility index (Phi) is 6.71. The lowest BCUT2D eigenvalue weighted by Crippen LogP contribution is -2.50. The van der Waals surface area contributed by atoms with Gasteiger partial charge in [0.15, 0.2) is 5.84 Å². The molecule has 1 aromatic heterocycles. The highest BCUT2D eigenvalue weighted by Crippen LogP contribution is 2.23. The summed E-state index contributed by atoms with van der Waals surface area (Å²) in [7, 11) is 0. The van der Waals surface area contributed by atoms with Crippen molar-refractivity contribution in [2.24, 2.45) is 5.16 Å². The number of amidine groups is 1. The fourth-order valence-corrected chi connectivity index (χ4v) is 3.25. The van der Waals surface area contributed by atoms with Gasteiger partial charge in [-0.15, -0.1) is 0 Å². The monoisotopic (exact) mass is 384 g/mol. The molecule has 0 atom stereocenters. The number of nitrogens with zero attached hydrogens (tertiary/aromatic N) is 4. The molecule has 0 spiro atoms. The minimum absolute atomic E-state index is 0.448. The van der Waals surface area contributed by atoms with Gasteiger partial charge in [0.05, 0.1) is 6.61 Å². The number of aromatic nitrogens is 1.